The largest absolute Gasteiger partial charge is 0.265 e. The minimum atomic E-state index is 0.582. The highest BCUT2D eigenvalue weighted by Crippen LogP contribution is 2.00. The van der Waals surface area contributed by atoms with Gasteiger partial charge in [-0.25, -0.2) is 0 Å². The maximum Gasteiger partial charge on any atom is 0.0991 e. The third kappa shape index (κ3) is 4.04. The number of hydrogen-bond acceptors (Lipinski definition) is 3. The second-order valence-electron chi connectivity index (χ2n) is 2.83. The third-order valence-electron chi connectivity index (χ3n) is 1.71. The summed E-state index contributed by atoms with van der Waals surface area (Å²) in [4.78, 5) is 3.78. The highest BCUT2D eigenvalue weighted by molar-refractivity contribution is 5.36. The Morgan fingerprint density at radius 1 is 0.750 bits per heavy atom. The molecule has 0 unspecified atom stereocenters. The van der Waals surface area contributed by atoms with Crippen molar-refractivity contribution in [3.8, 4) is 12.1 Å². The standard InChI is InChI=1S/C8H4N2.C5H5N/c9-5-7-1-2-8(6-10)4-3-7;1-2-4-6-5-3-1/h1-4H;1-5H. The normalized spacial score (nSPS) is 7.88. The van der Waals surface area contributed by atoms with Crippen LogP contribution in [0.25, 0.3) is 0 Å². The van der Waals surface area contributed by atoms with Crippen molar-refractivity contribution in [2.45, 2.75) is 0 Å². The first-order chi connectivity index (χ1) is 7.86. The van der Waals surface area contributed by atoms with Crippen LogP contribution in [0.1, 0.15) is 11.1 Å². The highest BCUT2D eigenvalue weighted by Gasteiger charge is 1.88. The van der Waals surface area contributed by atoms with E-state index in [1.54, 1.807) is 36.7 Å². The van der Waals surface area contributed by atoms with Crippen LogP contribution < -0.4 is 0 Å². The van der Waals surface area contributed by atoms with Gasteiger partial charge in [0.2, 0.25) is 0 Å². The van der Waals surface area contributed by atoms with Gasteiger partial charge >= 0.3 is 0 Å². The maximum absolute atomic E-state index is 8.37. The van der Waals surface area contributed by atoms with Crippen LogP contribution in [-0.2, 0) is 0 Å². The van der Waals surface area contributed by atoms with Crippen molar-refractivity contribution in [1.82, 2.24) is 4.98 Å². The van der Waals surface area contributed by atoms with E-state index in [-0.39, 0.29) is 0 Å². The van der Waals surface area contributed by atoms with Gasteiger partial charge in [0.25, 0.3) is 0 Å². The Hall–Kier alpha value is -2.65. The minimum absolute atomic E-state index is 0.582. The number of nitriles is 2. The zero-order valence-electron chi connectivity index (χ0n) is 8.54. The molecule has 0 aliphatic rings. The lowest BCUT2D eigenvalue weighted by atomic mass is 10.2. The fourth-order valence-corrected chi connectivity index (χ4v) is 0.932. The summed E-state index contributed by atoms with van der Waals surface area (Å²) < 4.78 is 0. The van der Waals surface area contributed by atoms with Gasteiger partial charge in [-0.15, -0.1) is 0 Å². The van der Waals surface area contributed by atoms with E-state index in [1.165, 1.54) is 0 Å². The molecule has 0 amide bonds. The number of benzene rings is 1. The molecule has 0 fully saturated rings. The quantitative estimate of drug-likeness (QED) is 0.666. The van der Waals surface area contributed by atoms with Crippen LogP contribution in [0.15, 0.2) is 54.9 Å². The molecule has 3 nitrogen and oxygen atoms in total. The molecule has 0 saturated carbocycles. The number of aromatic nitrogens is 1. The molecule has 3 heteroatoms. The Balaban J connectivity index is 0.000000181. The predicted octanol–water partition coefficient (Wildman–Crippen LogP) is 2.51. The van der Waals surface area contributed by atoms with Gasteiger partial charge in [0, 0.05) is 12.4 Å². The Labute approximate surface area is 94.2 Å². The fourth-order valence-electron chi connectivity index (χ4n) is 0.932. The molecule has 0 radical (unpaired) electrons. The average Bonchev–Trinajstić information content (AvgIpc) is 2.41. The maximum atomic E-state index is 8.37. The van der Waals surface area contributed by atoms with E-state index in [9.17, 15) is 0 Å². The number of pyridine rings is 1. The fraction of sp³-hybridized carbons (Fsp3) is 0. The van der Waals surface area contributed by atoms with Crippen molar-refractivity contribution in [2.75, 3.05) is 0 Å². The van der Waals surface area contributed by atoms with Crippen molar-refractivity contribution in [3.05, 3.63) is 66.0 Å². The molecule has 16 heavy (non-hydrogen) atoms. The van der Waals surface area contributed by atoms with E-state index in [0.29, 0.717) is 11.1 Å². The SMILES string of the molecule is N#Cc1ccc(C#N)cc1.c1ccncc1. The van der Waals surface area contributed by atoms with Gasteiger partial charge in [-0.1, -0.05) is 6.07 Å². The molecule has 1 heterocycles. The van der Waals surface area contributed by atoms with Gasteiger partial charge in [0.15, 0.2) is 0 Å². The lowest BCUT2D eigenvalue weighted by Crippen LogP contribution is -1.74. The summed E-state index contributed by atoms with van der Waals surface area (Å²) in [6.45, 7) is 0. The summed E-state index contributed by atoms with van der Waals surface area (Å²) in [5.41, 5.74) is 1.16. The van der Waals surface area contributed by atoms with Gasteiger partial charge in [-0.3, -0.25) is 4.98 Å². The highest BCUT2D eigenvalue weighted by atomic mass is 14.6. The Morgan fingerprint density at radius 3 is 1.38 bits per heavy atom. The summed E-state index contributed by atoms with van der Waals surface area (Å²) in [7, 11) is 0. The van der Waals surface area contributed by atoms with E-state index in [2.05, 4.69) is 4.98 Å². The van der Waals surface area contributed by atoms with Crippen molar-refractivity contribution >= 4 is 0 Å². The van der Waals surface area contributed by atoms with Crippen LogP contribution in [-0.4, -0.2) is 4.98 Å². The van der Waals surface area contributed by atoms with E-state index >= 15 is 0 Å². The molecule has 0 aliphatic heterocycles. The van der Waals surface area contributed by atoms with Crippen molar-refractivity contribution < 1.29 is 0 Å². The lowest BCUT2D eigenvalue weighted by molar-refractivity contribution is 1.33. The molecular weight excluding hydrogens is 198 g/mol. The molecule has 2 rings (SSSR count). The smallest absolute Gasteiger partial charge is 0.0991 e. The third-order valence-corrected chi connectivity index (χ3v) is 1.71. The summed E-state index contributed by atoms with van der Waals surface area (Å²) in [6.07, 6.45) is 3.50. The van der Waals surface area contributed by atoms with E-state index in [0.717, 1.165) is 0 Å². The molecule has 0 saturated heterocycles. The van der Waals surface area contributed by atoms with Crippen LogP contribution in [0, 0.1) is 22.7 Å². The average molecular weight is 207 g/mol. The van der Waals surface area contributed by atoms with Crippen LogP contribution in [0.5, 0.6) is 0 Å². The molecule has 76 valence electrons. The first-order valence-electron chi connectivity index (χ1n) is 4.62. The van der Waals surface area contributed by atoms with Crippen LogP contribution in [0.4, 0.5) is 0 Å². The second-order valence-corrected chi connectivity index (χ2v) is 2.83. The molecule has 0 N–H and O–H groups in total. The van der Waals surface area contributed by atoms with E-state index in [4.69, 9.17) is 10.5 Å². The van der Waals surface area contributed by atoms with Crippen LogP contribution >= 0.6 is 0 Å². The summed E-state index contributed by atoms with van der Waals surface area (Å²) in [5.74, 6) is 0. The molecule has 0 bridgehead atoms. The Kier molecular flexibility index (Phi) is 4.82. The van der Waals surface area contributed by atoms with E-state index < -0.39 is 0 Å². The molecule has 0 aliphatic carbocycles. The predicted molar refractivity (Wildman–Crippen MR) is 60.1 cm³/mol. The first kappa shape index (κ1) is 11.4. The summed E-state index contributed by atoms with van der Waals surface area (Å²) in [5, 5.41) is 16.7. The Morgan fingerprint density at radius 2 is 1.19 bits per heavy atom. The first-order valence-corrected chi connectivity index (χ1v) is 4.62. The van der Waals surface area contributed by atoms with Gasteiger partial charge in [-0.05, 0) is 36.4 Å². The van der Waals surface area contributed by atoms with Gasteiger partial charge in [0.05, 0.1) is 23.3 Å². The molecule has 2 aromatic rings. The summed E-state index contributed by atoms with van der Waals surface area (Å²) in [6, 6.07) is 16.1. The monoisotopic (exact) mass is 207 g/mol. The van der Waals surface area contributed by atoms with Gasteiger partial charge in [-0.2, -0.15) is 10.5 Å². The topological polar surface area (TPSA) is 60.5 Å². The van der Waals surface area contributed by atoms with Crippen molar-refractivity contribution in [3.63, 3.8) is 0 Å². The van der Waals surface area contributed by atoms with Gasteiger partial charge < -0.3 is 0 Å². The minimum Gasteiger partial charge on any atom is -0.265 e. The van der Waals surface area contributed by atoms with Crippen LogP contribution in [0.2, 0.25) is 0 Å². The van der Waals surface area contributed by atoms with Crippen molar-refractivity contribution in [2.24, 2.45) is 0 Å². The summed E-state index contributed by atoms with van der Waals surface area (Å²) >= 11 is 0. The zero-order chi connectivity index (χ0) is 11.6. The lowest BCUT2D eigenvalue weighted by Gasteiger charge is -1.85. The Bertz CT molecular complexity index is 430. The zero-order valence-corrected chi connectivity index (χ0v) is 8.54. The molecule has 0 spiro atoms. The molecular formula is C13H9N3. The van der Waals surface area contributed by atoms with Crippen LogP contribution in [0.3, 0.4) is 0 Å². The molecule has 1 aromatic carbocycles. The number of nitrogens with zero attached hydrogens (tertiary/aromatic N) is 3. The molecule has 0 atom stereocenters. The number of hydrogen-bond donors (Lipinski definition) is 0. The van der Waals surface area contributed by atoms with E-state index in [1.807, 2.05) is 30.3 Å². The number of rotatable bonds is 0. The van der Waals surface area contributed by atoms with Gasteiger partial charge in [0.1, 0.15) is 0 Å². The van der Waals surface area contributed by atoms with Crippen molar-refractivity contribution in [1.29, 1.82) is 10.5 Å². The second kappa shape index (κ2) is 6.75. The molecule has 1 aromatic heterocycles.